The molecule has 1 aliphatic heterocycles. The maximum absolute atomic E-state index is 11.6. The molecule has 1 aromatic carbocycles. The zero-order valence-electron chi connectivity index (χ0n) is 8.11. The summed E-state index contributed by atoms with van der Waals surface area (Å²) < 4.78 is 0. The van der Waals surface area contributed by atoms with E-state index in [0.717, 1.165) is 5.69 Å². The average molecular weight is 226 g/mol. The molecule has 0 aliphatic carbocycles. The Balaban J connectivity index is 2.21. The first kappa shape index (κ1) is 10.3. The molecule has 3 N–H and O–H groups in total. The molecule has 0 aromatic heterocycles. The van der Waals surface area contributed by atoms with Crippen LogP contribution in [0.25, 0.3) is 0 Å². The number of carbonyl (C=O) groups is 1. The van der Waals surface area contributed by atoms with E-state index in [2.05, 4.69) is 5.32 Å². The van der Waals surface area contributed by atoms with Gasteiger partial charge < -0.3 is 11.1 Å². The number of rotatable bonds is 2. The van der Waals surface area contributed by atoms with Gasteiger partial charge in [0.05, 0.1) is 6.04 Å². The lowest BCUT2D eigenvalue weighted by Crippen LogP contribution is -2.33. The quantitative estimate of drug-likeness (QED) is 0.795. The molecule has 1 atom stereocenters. The van der Waals surface area contributed by atoms with Crippen molar-refractivity contribution in [1.29, 1.82) is 0 Å². The number of anilines is 1. The molecule has 5 heteroatoms. The van der Waals surface area contributed by atoms with Gasteiger partial charge in [-0.25, -0.2) is 4.79 Å². The zero-order valence-corrected chi connectivity index (χ0v) is 8.87. The molecule has 1 unspecified atom stereocenters. The molecule has 2 amide bonds. The number of halogens is 1. The van der Waals surface area contributed by atoms with Gasteiger partial charge in [-0.3, -0.25) is 4.90 Å². The van der Waals surface area contributed by atoms with Crippen LogP contribution in [0.3, 0.4) is 0 Å². The number of hydrogen-bond donors (Lipinski definition) is 2. The maximum atomic E-state index is 11.6. The van der Waals surface area contributed by atoms with Crippen LogP contribution in [0.2, 0.25) is 5.02 Å². The molecule has 15 heavy (non-hydrogen) atoms. The van der Waals surface area contributed by atoms with Gasteiger partial charge in [0.25, 0.3) is 0 Å². The van der Waals surface area contributed by atoms with Crippen LogP contribution in [0.1, 0.15) is 0 Å². The van der Waals surface area contributed by atoms with Crippen molar-refractivity contribution in [3.8, 4) is 0 Å². The highest BCUT2D eigenvalue weighted by Crippen LogP contribution is 2.21. The lowest BCUT2D eigenvalue weighted by atomic mass is 10.2. The Labute approximate surface area is 93.0 Å². The Hall–Kier alpha value is -1.26. The Bertz CT molecular complexity index is 383. The van der Waals surface area contributed by atoms with Crippen LogP contribution in [0, 0.1) is 0 Å². The molecule has 1 aromatic rings. The van der Waals surface area contributed by atoms with E-state index >= 15 is 0 Å². The molecule has 1 aliphatic rings. The Kier molecular flexibility index (Phi) is 2.79. The third-order valence-corrected chi connectivity index (χ3v) is 2.62. The van der Waals surface area contributed by atoms with E-state index in [0.29, 0.717) is 18.1 Å². The maximum Gasteiger partial charge on any atom is 0.322 e. The van der Waals surface area contributed by atoms with Crippen LogP contribution < -0.4 is 16.0 Å². The standard InChI is InChI=1S/C10H12ClN3O/c11-7-2-1-3-9(4-7)14-6-8(5-12)13-10(14)15/h1-4,8H,5-6,12H2,(H,13,15). The minimum absolute atomic E-state index is 0.0245. The Morgan fingerprint density at radius 1 is 1.60 bits per heavy atom. The molecule has 1 heterocycles. The summed E-state index contributed by atoms with van der Waals surface area (Å²) >= 11 is 5.86. The summed E-state index contributed by atoms with van der Waals surface area (Å²) in [6, 6.07) is 7.12. The lowest BCUT2D eigenvalue weighted by molar-refractivity contribution is 0.251. The van der Waals surface area contributed by atoms with Crippen molar-refractivity contribution in [2.45, 2.75) is 6.04 Å². The Morgan fingerprint density at radius 3 is 3.00 bits per heavy atom. The van der Waals surface area contributed by atoms with Crippen LogP contribution >= 0.6 is 11.6 Å². The summed E-state index contributed by atoms with van der Waals surface area (Å²) in [6.07, 6.45) is 0. The van der Waals surface area contributed by atoms with Crippen LogP contribution in [0.15, 0.2) is 24.3 Å². The second kappa shape index (κ2) is 4.08. The molecule has 0 saturated carbocycles. The van der Waals surface area contributed by atoms with Gasteiger partial charge in [-0.05, 0) is 18.2 Å². The Morgan fingerprint density at radius 2 is 2.40 bits per heavy atom. The summed E-state index contributed by atoms with van der Waals surface area (Å²) in [7, 11) is 0. The number of nitrogens with zero attached hydrogens (tertiary/aromatic N) is 1. The minimum atomic E-state index is -0.118. The second-order valence-corrected chi connectivity index (χ2v) is 3.91. The highest BCUT2D eigenvalue weighted by Gasteiger charge is 2.28. The third-order valence-electron chi connectivity index (χ3n) is 2.38. The normalized spacial score (nSPS) is 20.5. The van der Waals surface area contributed by atoms with Gasteiger partial charge in [-0.2, -0.15) is 0 Å². The van der Waals surface area contributed by atoms with Crippen molar-refractivity contribution in [2.24, 2.45) is 5.73 Å². The van der Waals surface area contributed by atoms with Crippen molar-refractivity contribution in [1.82, 2.24) is 5.32 Å². The fourth-order valence-corrected chi connectivity index (χ4v) is 1.79. The third kappa shape index (κ3) is 2.06. The van der Waals surface area contributed by atoms with E-state index in [4.69, 9.17) is 17.3 Å². The predicted molar refractivity (Wildman–Crippen MR) is 60.2 cm³/mol. The van der Waals surface area contributed by atoms with E-state index in [1.165, 1.54) is 0 Å². The average Bonchev–Trinajstić information content (AvgIpc) is 2.60. The van der Waals surface area contributed by atoms with E-state index in [-0.39, 0.29) is 12.1 Å². The summed E-state index contributed by atoms with van der Waals surface area (Å²) in [4.78, 5) is 13.2. The number of nitrogens with one attached hydrogen (secondary N) is 1. The van der Waals surface area contributed by atoms with Crippen LogP contribution in [0.5, 0.6) is 0 Å². The molecular formula is C10H12ClN3O. The van der Waals surface area contributed by atoms with Crippen molar-refractivity contribution < 1.29 is 4.79 Å². The van der Waals surface area contributed by atoms with E-state index in [9.17, 15) is 4.79 Å². The first-order valence-corrected chi connectivity index (χ1v) is 5.12. The van der Waals surface area contributed by atoms with Gasteiger partial charge in [0, 0.05) is 23.8 Å². The molecule has 2 rings (SSSR count). The van der Waals surface area contributed by atoms with Gasteiger partial charge in [-0.1, -0.05) is 17.7 Å². The lowest BCUT2D eigenvalue weighted by Gasteiger charge is -2.14. The van der Waals surface area contributed by atoms with Gasteiger partial charge >= 0.3 is 6.03 Å². The highest BCUT2D eigenvalue weighted by atomic mass is 35.5. The second-order valence-electron chi connectivity index (χ2n) is 3.47. The number of hydrogen-bond acceptors (Lipinski definition) is 2. The van der Waals surface area contributed by atoms with Crippen molar-refractivity contribution in [3.05, 3.63) is 29.3 Å². The van der Waals surface area contributed by atoms with Crippen molar-refractivity contribution in [2.75, 3.05) is 18.0 Å². The van der Waals surface area contributed by atoms with E-state index in [1.54, 1.807) is 17.0 Å². The van der Waals surface area contributed by atoms with Gasteiger partial charge in [0.1, 0.15) is 0 Å². The van der Waals surface area contributed by atoms with E-state index < -0.39 is 0 Å². The van der Waals surface area contributed by atoms with Gasteiger partial charge in [-0.15, -0.1) is 0 Å². The van der Waals surface area contributed by atoms with Gasteiger partial charge in [0.2, 0.25) is 0 Å². The summed E-state index contributed by atoms with van der Waals surface area (Å²) in [5, 5.41) is 3.41. The largest absolute Gasteiger partial charge is 0.332 e. The number of benzene rings is 1. The van der Waals surface area contributed by atoms with Crippen LogP contribution in [-0.4, -0.2) is 25.2 Å². The first-order valence-electron chi connectivity index (χ1n) is 4.74. The summed E-state index contributed by atoms with van der Waals surface area (Å²) in [6.45, 7) is 1.04. The molecule has 1 saturated heterocycles. The number of nitrogens with two attached hydrogens (primary N) is 1. The molecular weight excluding hydrogens is 214 g/mol. The molecule has 0 radical (unpaired) electrons. The fraction of sp³-hybridized carbons (Fsp3) is 0.300. The monoisotopic (exact) mass is 225 g/mol. The number of urea groups is 1. The summed E-state index contributed by atoms with van der Waals surface area (Å²) in [5.41, 5.74) is 6.30. The number of amides is 2. The van der Waals surface area contributed by atoms with Crippen LogP contribution in [-0.2, 0) is 0 Å². The van der Waals surface area contributed by atoms with Crippen molar-refractivity contribution >= 4 is 23.3 Å². The minimum Gasteiger partial charge on any atom is -0.332 e. The predicted octanol–water partition coefficient (Wildman–Crippen LogP) is 1.20. The van der Waals surface area contributed by atoms with Gasteiger partial charge in [0.15, 0.2) is 0 Å². The molecule has 1 fully saturated rings. The highest BCUT2D eigenvalue weighted by molar-refractivity contribution is 6.30. The zero-order chi connectivity index (χ0) is 10.8. The molecule has 4 nitrogen and oxygen atoms in total. The van der Waals surface area contributed by atoms with Crippen molar-refractivity contribution in [3.63, 3.8) is 0 Å². The topological polar surface area (TPSA) is 58.4 Å². The molecule has 80 valence electrons. The smallest absolute Gasteiger partial charge is 0.322 e. The molecule has 0 bridgehead atoms. The van der Waals surface area contributed by atoms with Crippen LogP contribution in [0.4, 0.5) is 10.5 Å². The molecule has 0 spiro atoms. The van der Waals surface area contributed by atoms with E-state index in [1.807, 2.05) is 12.1 Å². The fourth-order valence-electron chi connectivity index (χ4n) is 1.60. The summed E-state index contributed by atoms with van der Waals surface area (Å²) in [5.74, 6) is 0. The first-order chi connectivity index (χ1) is 7.20. The SMILES string of the molecule is NCC1CN(c2cccc(Cl)c2)C(=O)N1. The number of carbonyl (C=O) groups excluding carboxylic acids is 1.